The first-order chi connectivity index (χ1) is 7.02. The smallest absolute Gasteiger partial charge is 0.163 e. The number of rotatable bonds is 0. The number of carbonyl (C=O) groups is 1. The number of aryl methyl sites for hydroxylation is 1. The summed E-state index contributed by atoms with van der Waals surface area (Å²) in [5.74, 6) is 0.867. The fourth-order valence-electron chi connectivity index (χ4n) is 2.59. The lowest BCUT2D eigenvalue weighted by atomic mass is 9.78. The summed E-state index contributed by atoms with van der Waals surface area (Å²) in [4.78, 5) is 11.8. The summed E-state index contributed by atoms with van der Waals surface area (Å²) in [6, 6.07) is 2.08. The minimum atomic E-state index is 0.328. The van der Waals surface area contributed by atoms with Crippen LogP contribution in [-0.4, -0.2) is 5.78 Å². The maximum Gasteiger partial charge on any atom is 0.163 e. The molecule has 1 atom stereocenters. The number of hydrogen-bond acceptors (Lipinski definition) is 1. The largest absolute Gasteiger partial charge is 0.294 e. The molecule has 1 heteroatoms. The number of ketones is 1. The van der Waals surface area contributed by atoms with Crippen molar-refractivity contribution in [2.45, 2.75) is 46.5 Å². The van der Waals surface area contributed by atoms with Gasteiger partial charge in [0.2, 0.25) is 0 Å². The second-order valence-corrected chi connectivity index (χ2v) is 4.77. The van der Waals surface area contributed by atoms with Crippen molar-refractivity contribution in [2.24, 2.45) is 0 Å². The Hall–Kier alpha value is -1.11. The number of carbonyl (C=O) groups excluding carboxylic acids is 1. The molecular formula is C14H18O. The van der Waals surface area contributed by atoms with Crippen LogP contribution in [0.3, 0.4) is 0 Å². The molecule has 0 aromatic heterocycles. The second-order valence-electron chi connectivity index (χ2n) is 4.77. The molecule has 80 valence electrons. The van der Waals surface area contributed by atoms with Crippen LogP contribution >= 0.6 is 0 Å². The Morgan fingerprint density at radius 2 is 1.87 bits per heavy atom. The molecule has 15 heavy (non-hydrogen) atoms. The third-order valence-electron chi connectivity index (χ3n) is 3.81. The van der Waals surface area contributed by atoms with Gasteiger partial charge in [-0.15, -0.1) is 0 Å². The number of hydrogen-bond donors (Lipinski definition) is 0. The SMILES string of the molecule is Cc1cc2c(c(C)c1C)C(C)CCC2=O. The highest BCUT2D eigenvalue weighted by Crippen LogP contribution is 2.35. The summed E-state index contributed by atoms with van der Waals surface area (Å²) in [6.07, 6.45) is 1.73. The zero-order valence-electron chi connectivity index (χ0n) is 9.98. The quantitative estimate of drug-likeness (QED) is 0.627. The Balaban J connectivity index is 2.73. The molecule has 0 N–H and O–H groups in total. The molecule has 1 aromatic rings. The molecule has 0 amide bonds. The predicted octanol–water partition coefficient (Wildman–Crippen LogP) is 3.69. The molecule has 0 saturated carbocycles. The maximum absolute atomic E-state index is 11.8. The number of fused-ring (bicyclic) bond motifs is 1. The van der Waals surface area contributed by atoms with E-state index < -0.39 is 0 Å². The van der Waals surface area contributed by atoms with E-state index >= 15 is 0 Å². The van der Waals surface area contributed by atoms with Gasteiger partial charge in [0, 0.05) is 12.0 Å². The van der Waals surface area contributed by atoms with Crippen LogP contribution in [0, 0.1) is 20.8 Å². The van der Waals surface area contributed by atoms with Gasteiger partial charge in [0.25, 0.3) is 0 Å². The third-order valence-corrected chi connectivity index (χ3v) is 3.81. The van der Waals surface area contributed by atoms with E-state index in [1.807, 2.05) is 0 Å². The fraction of sp³-hybridized carbons (Fsp3) is 0.500. The van der Waals surface area contributed by atoms with Gasteiger partial charge >= 0.3 is 0 Å². The lowest BCUT2D eigenvalue weighted by Crippen LogP contribution is -2.16. The first-order valence-corrected chi connectivity index (χ1v) is 5.66. The molecule has 0 aliphatic heterocycles. The van der Waals surface area contributed by atoms with Gasteiger partial charge in [-0.05, 0) is 61.4 Å². The van der Waals surface area contributed by atoms with Gasteiger partial charge in [-0.1, -0.05) is 6.92 Å². The Morgan fingerprint density at radius 3 is 2.53 bits per heavy atom. The summed E-state index contributed by atoms with van der Waals surface area (Å²) in [5.41, 5.74) is 6.19. The van der Waals surface area contributed by atoms with Gasteiger partial charge < -0.3 is 0 Å². The van der Waals surface area contributed by atoms with E-state index in [9.17, 15) is 4.79 Å². The summed E-state index contributed by atoms with van der Waals surface area (Å²) in [5, 5.41) is 0. The summed E-state index contributed by atoms with van der Waals surface area (Å²) in [6.45, 7) is 8.62. The molecule has 0 bridgehead atoms. The monoisotopic (exact) mass is 202 g/mol. The molecule has 0 fully saturated rings. The molecular weight excluding hydrogens is 184 g/mol. The van der Waals surface area contributed by atoms with Gasteiger partial charge in [-0.3, -0.25) is 4.79 Å². The molecule has 1 nitrogen and oxygen atoms in total. The van der Waals surface area contributed by atoms with Gasteiger partial charge in [-0.2, -0.15) is 0 Å². The first-order valence-electron chi connectivity index (χ1n) is 5.66. The third kappa shape index (κ3) is 1.50. The Bertz CT molecular complexity index is 429. The van der Waals surface area contributed by atoms with Crippen LogP contribution in [0.25, 0.3) is 0 Å². The van der Waals surface area contributed by atoms with Crippen molar-refractivity contribution >= 4 is 5.78 Å². The highest BCUT2D eigenvalue weighted by Gasteiger charge is 2.25. The Morgan fingerprint density at radius 1 is 1.20 bits per heavy atom. The molecule has 0 spiro atoms. The lowest BCUT2D eigenvalue weighted by molar-refractivity contribution is 0.0967. The lowest BCUT2D eigenvalue weighted by Gasteiger charge is -2.25. The Kier molecular flexibility index (Phi) is 2.41. The molecule has 1 aliphatic rings. The first kappa shape index (κ1) is 10.4. The van der Waals surface area contributed by atoms with Crippen molar-refractivity contribution in [3.63, 3.8) is 0 Å². The molecule has 1 aromatic carbocycles. The van der Waals surface area contributed by atoms with Crippen LogP contribution in [0.1, 0.15) is 58.3 Å². The van der Waals surface area contributed by atoms with Crippen molar-refractivity contribution in [1.29, 1.82) is 0 Å². The fourth-order valence-corrected chi connectivity index (χ4v) is 2.59. The van der Waals surface area contributed by atoms with Crippen molar-refractivity contribution < 1.29 is 4.79 Å². The maximum atomic E-state index is 11.8. The van der Waals surface area contributed by atoms with Crippen molar-refractivity contribution in [1.82, 2.24) is 0 Å². The minimum Gasteiger partial charge on any atom is -0.294 e. The van der Waals surface area contributed by atoms with E-state index in [4.69, 9.17) is 0 Å². The van der Waals surface area contributed by atoms with Crippen molar-refractivity contribution in [2.75, 3.05) is 0 Å². The summed E-state index contributed by atoms with van der Waals surface area (Å²) < 4.78 is 0. The molecule has 0 radical (unpaired) electrons. The normalized spacial score (nSPS) is 20.3. The van der Waals surface area contributed by atoms with Gasteiger partial charge in [0.05, 0.1) is 0 Å². The van der Waals surface area contributed by atoms with E-state index in [1.54, 1.807) is 0 Å². The van der Waals surface area contributed by atoms with E-state index in [0.29, 0.717) is 11.7 Å². The van der Waals surface area contributed by atoms with E-state index in [0.717, 1.165) is 18.4 Å². The summed E-state index contributed by atoms with van der Waals surface area (Å²) in [7, 11) is 0. The van der Waals surface area contributed by atoms with E-state index in [-0.39, 0.29) is 0 Å². The average Bonchev–Trinajstić information content (AvgIpc) is 2.20. The van der Waals surface area contributed by atoms with Crippen LogP contribution in [-0.2, 0) is 0 Å². The topological polar surface area (TPSA) is 17.1 Å². The van der Waals surface area contributed by atoms with Crippen LogP contribution in [0.5, 0.6) is 0 Å². The number of Topliss-reactive ketones (excluding diaryl/α,β-unsaturated/α-hetero) is 1. The average molecular weight is 202 g/mol. The zero-order chi connectivity index (χ0) is 11.2. The van der Waals surface area contributed by atoms with Crippen molar-refractivity contribution in [3.05, 3.63) is 33.9 Å². The highest BCUT2D eigenvalue weighted by atomic mass is 16.1. The standard InChI is InChI=1S/C14H18O/c1-8-5-6-13(15)12-7-9(2)10(3)11(4)14(8)12/h7-8H,5-6H2,1-4H3. The second kappa shape index (κ2) is 3.48. The summed E-state index contributed by atoms with van der Waals surface area (Å²) >= 11 is 0. The van der Waals surface area contributed by atoms with Crippen LogP contribution in [0.4, 0.5) is 0 Å². The zero-order valence-corrected chi connectivity index (χ0v) is 9.98. The molecule has 0 saturated heterocycles. The van der Waals surface area contributed by atoms with Crippen LogP contribution in [0.15, 0.2) is 6.07 Å². The predicted molar refractivity (Wildman–Crippen MR) is 62.6 cm³/mol. The molecule has 1 aliphatic carbocycles. The molecule has 0 heterocycles. The Labute approximate surface area is 91.5 Å². The van der Waals surface area contributed by atoms with E-state index in [2.05, 4.69) is 33.8 Å². The van der Waals surface area contributed by atoms with Crippen LogP contribution in [0.2, 0.25) is 0 Å². The number of benzene rings is 1. The highest BCUT2D eigenvalue weighted by molar-refractivity contribution is 5.99. The van der Waals surface area contributed by atoms with Gasteiger partial charge in [0.1, 0.15) is 0 Å². The van der Waals surface area contributed by atoms with Crippen LogP contribution < -0.4 is 0 Å². The van der Waals surface area contributed by atoms with E-state index in [1.165, 1.54) is 22.3 Å². The van der Waals surface area contributed by atoms with Gasteiger partial charge in [-0.25, -0.2) is 0 Å². The van der Waals surface area contributed by atoms with Crippen molar-refractivity contribution in [3.8, 4) is 0 Å². The minimum absolute atomic E-state index is 0.328. The van der Waals surface area contributed by atoms with Gasteiger partial charge in [0.15, 0.2) is 5.78 Å². The molecule has 2 rings (SSSR count). The molecule has 1 unspecified atom stereocenters.